The van der Waals surface area contributed by atoms with Crippen molar-refractivity contribution in [2.75, 3.05) is 47.4 Å². The fraction of sp³-hybridized carbons (Fsp3) is 0.466. The first-order chi connectivity index (χ1) is 51.4. The first-order valence-corrected chi connectivity index (χ1v) is 36.0. The van der Waals surface area contributed by atoms with Gasteiger partial charge in [0.05, 0.1) is 29.1 Å². The number of phenols is 2. The molecule has 6 aliphatic heterocycles. The lowest BCUT2D eigenvalue weighted by atomic mass is 9.89. The summed E-state index contributed by atoms with van der Waals surface area (Å²) < 4.78 is 30.9. The highest BCUT2D eigenvalue weighted by molar-refractivity contribution is 6.32. The van der Waals surface area contributed by atoms with Crippen molar-refractivity contribution in [3.05, 3.63) is 117 Å². The van der Waals surface area contributed by atoms with E-state index in [2.05, 4.69) is 54.8 Å². The number of amides is 9. The van der Waals surface area contributed by atoms with Gasteiger partial charge in [-0.3, -0.25) is 38.4 Å². The molecule has 0 spiro atoms. The number of nitrogens with two attached hydrogens (primary N) is 1. The number of unbranched alkanes of at least 4 members (excludes halogenated alkanes) is 5. The summed E-state index contributed by atoms with van der Waals surface area (Å²) >= 11 is 14.1. The minimum Gasteiger partial charge on any atom is -0.507 e. The summed E-state index contributed by atoms with van der Waals surface area (Å²) in [5, 5.41) is 116. The topological polar surface area (TPSA) is 499 Å². The van der Waals surface area contributed by atoms with Crippen molar-refractivity contribution in [1.29, 1.82) is 0 Å². The molecule has 5 aromatic carbocycles. The Hall–Kier alpha value is -9.65. The molecule has 0 aromatic heterocycles. The lowest BCUT2D eigenvalue weighted by Gasteiger charge is -2.39. The number of fused-ring (bicyclic) bond motifs is 15. The van der Waals surface area contributed by atoms with E-state index in [0.717, 1.165) is 92.8 Å². The zero-order valence-corrected chi connectivity index (χ0v) is 61.4. The number of nitrogens with one attached hydrogen (secondary N) is 9. The Balaban J connectivity index is 1.28. The molecule has 0 radical (unpaired) electrons. The van der Waals surface area contributed by atoms with Gasteiger partial charge < -0.3 is 123 Å². The fourth-order valence-electron chi connectivity index (χ4n) is 12.7. The molecule has 0 saturated carbocycles. The quantitative estimate of drug-likeness (QED) is 0.0418. The smallest absolute Gasteiger partial charge is 0.412 e. The van der Waals surface area contributed by atoms with E-state index < -0.39 is 196 Å². The van der Waals surface area contributed by atoms with Crippen molar-refractivity contribution in [1.82, 2.24) is 52.8 Å². The van der Waals surface area contributed by atoms with Gasteiger partial charge in [0.1, 0.15) is 102 Å². The Labute approximate surface area is 630 Å². The molecule has 0 aliphatic carbocycles. The van der Waals surface area contributed by atoms with Crippen LogP contribution in [0.5, 0.6) is 46.0 Å². The summed E-state index contributed by atoms with van der Waals surface area (Å²) in [6.07, 6.45) is -10.1. The fourth-order valence-corrected chi connectivity index (χ4v) is 13.2. The van der Waals surface area contributed by atoms with Crippen molar-refractivity contribution >= 4 is 76.6 Å². The number of aliphatic hydroxyl groups is 6. The highest BCUT2D eigenvalue weighted by Gasteiger charge is 2.47. The number of likely N-dealkylation sites (N-methyl/N-ethyl adjacent to an activating group) is 1. The number of benzene rings is 5. The number of carbonyl (C=O) groups is 9. The highest BCUT2D eigenvalue weighted by atomic mass is 35.5. The molecule has 33 nitrogen and oxygen atoms in total. The second-order valence-electron chi connectivity index (χ2n) is 27.3. The number of phenolic OH excluding ortho intramolecular Hbond substituents is 2. The van der Waals surface area contributed by atoms with Crippen molar-refractivity contribution in [2.24, 2.45) is 11.7 Å². The summed E-state index contributed by atoms with van der Waals surface area (Å²) in [5.74, 6) is -14.2. The molecule has 11 bridgehead atoms. The van der Waals surface area contributed by atoms with Crippen LogP contribution in [0.2, 0.25) is 10.0 Å². The number of hydrogen-bond donors (Lipinski definition) is 18. The van der Waals surface area contributed by atoms with Gasteiger partial charge in [-0.25, -0.2) is 4.79 Å². The van der Waals surface area contributed by atoms with Crippen LogP contribution in [0.25, 0.3) is 11.1 Å². The normalized spacial score (nSPS) is 23.9. The average molecular weight is 1550 g/mol. The maximum atomic E-state index is 16.1. The summed E-state index contributed by atoms with van der Waals surface area (Å²) in [7, 11) is 5.08. The van der Waals surface area contributed by atoms with Gasteiger partial charge >= 0.3 is 6.09 Å². The standard InChI is InChI=1S/C73H91Cl2N11O22/c1-7-8-9-10-11-12-20-79-73(103)104-38-29-40-53(46(89)30-38)39-24-34(14-17-45(39)88)54-68(99)85-58(71(102)83-56(40)67(98)78-21-13-22-86(5)6)60(92)36-16-19-48(42(75)26-36)106-50-28-37-27-49(64(50)108-72-63(95)62(94)61(93)51(32-87)107-72)105-47-18-15-35(25-41(47)74)59(91)57(84-65(96)43(77-4)23-33(2)3)70(101)80-44(31-52(76)90)66(97)81-55(37)69(100)82-54/h14-19,24-30,33,43-44,51,54-63,72,77,87-89,91-95H,7-13,20-23,31-32H2,1-6H3,(H2,76,90)(H,78,98)(H,79,103)(H,80,101)(H,81,97)(H,82,100)(H,83,102)(H,84,96)(H,85,99)/t43-,44+,51-,54-,55-,56+,57-,58+,59-,60-,61-,62+,63-,72+/m1/s1. The lowest BCUT2D eigenvalue weighted by Crippen LogP contribution is -2.60. The van der Waals surface area contributed by atoms with Crippen LogP contribution in [0, 0.1) is 5.92 Å². The van der Waals surface area contributed by atoms with Crippen molar-refractivity contribution < 1.29 is 108 Å². The number of nitrogens with zero attached hydrogens (tertiary/aromatic N) is 1. The van der Waals surface area contributed by atoms with Crippen LogP contribution in [-0.2, 0) is 43.1 Å². The number of aliphatic hydroxyl groups excluding tert-OH is 6. The highest BCUT2D eigenvalue weighted by Crippen LogP contribution is 2.49. The lowest BCUT2D eigenvalue weighted by molar-refractivity contribution is -0.277. The van der Waals surface area contributed by atoms with Gasteiger partial charge in [0.15, 0.2) is 11.5 Å². The van der Waals surface area contributed by atoms with Gasteiger partial charge in [0.25, 0.3) is 0 Å². The zero-order chi connectivity index (χ0) is 78.5. The summed E-state index contributed by atoms with van der Waals surface area (Å²) in [5.41, 5.74) is 3.49. The molecule has 14 atom stereocenters. The molecular formula is C73H91Cl2N11O22. The molecule has 1 saturated heterocycles. The van der Waals surface area contributed by atoms with Gasteiger partial charge in [0, 0.05) is 30.3 Å². The molecule has 11 rings (SSSR count). The minimum absolute atomic E-state index is 0.0105. The van der Waals surface area contributed by atoms with Crippen molar-refractivity contribution in [3.8, 4) is 57.1 Å². The molecule has 584 valence electrons. The van der Waals surface area contributed by atoms with Crippen LogP contribution in [0.1, 0.15) is 137 Å². The van der Waals surface area contributed by atoms with E-state index in [0.29, 0.717) is 19.4 Å². The number of carbonyl (C=O) groups excluding carboxylic acids is 9. The predicted molar refractivity (Wildman–Crippen MR) is 387 cm³/mol. The molecule has 19 N–H and O–H groups in total. The molecule has 108 heavy (non-hydrogen) atoms. The second kappa shape index (κ2) is 37.0. The van der Waals surface area contributed by atoms with Gasteiger partial charge in [-0.05, 0) is 135 Å². The van der Waals surface area contributed by atoms with Gasteiger partial charge in [0.2, 0.25) is 59.3 Å². The van der Waals surface area contributed by atoms with Gasteiger partial charge in [-0.2, -0.15) is 0 Å². The molecule has 6 aliphatic rings. The van der Waals surface area contributed by atoms with E-state index in [-0.39, 0.29) is 75.5 Å². The molecular weight excluding hydrogens is 1450 g/mol. The summed E-state index contributed by atoms with van der Waals surface area (Å²) in [4.78, 5) is 135. The third kappa shape index (κ3) is 20.0. The summed E-state index contributed by atoms with van der Waals surface area (Å²) in [6.45, 7) is 5.45. The summed E-state index contributed by atoms with van der Waals surface area (Å²) in [6, 6.07) is 0.667. The molecule has 6 heterocycles. The number of hydrogen-bond acceptors (Lipinski definition) is 24. The Morgan fingerprint density at radius 3 is 1.88 bits per heavy atom. The monoisotopic (exact) mass is 1540 g/mol. The second-order valence-corrected chi connectivity index (χ2v) is 28.2. The maximum Gasteiger partial charge on any atom is 0.412 e. The van der Waals surface area contributed by atoms with E-state index in [1.54, 1.807) is 14.1 Å². The Morgan fingerprint density at radius 1 is 0.648 bits per heavy atom. The molecule has 0 unspecified atom stereocenters. The van der Waals surface area contributed by atoms with E-state index in [9.17, 15) is 64.8 Å². The molecule has 1 fully saturated rings. The van der Waals surface area contributed by atoms with Crippen LogP contribution in [-0.4, -0.2) is 201 Å². The third-order valence-electron chi connectivity index (χ3n) is 18.5. The number of aromatic hydroxyl groups is 2. The van der Waals surface area contributed by atoms with Crippen LogP contribution < -0.4 is 72.5 Å². The SMILES string of the molecule is CCCCCCCCNC(=O)Oc1cc(O)c2c(c1)[C@@H](C(=O)NCCCN(C)C)NC(=O)[C@H]1NC(=O)[C@H](NC(=O)[C@@H]3NC(=O)[C@H](CC(N)=O)NC(=O)[C@H](NC(=O)[C@@H](CC(C)C)NC)[C@H](O)c4ccc(c(Cl)c4)Oc4cc3cc(c4O[C@@H]3O[C@H](CO)[C@@H](O)[C@H](O)[C@H]3O)Oc3ccc(cc3Cl)[C@H]1O)c1ccc(O)c-2c1. The van der Waals surface area contributed by atoms with Crippen molar-refractivity contribution in [3.63, 3.8) is 0 Å². The molecule has 9 amide bonds. The van der Waals surface area contributed by atoms with Crippen LogP contribution in [0.3, 0.4) is 0 Å². The predicted octanol–water partition coefficient (Wildman–Crippen LogP) is 2.60. The first-order valence-electron chi connectivity index (χ1n) is 35.2. The van der Waals surface area contributed by atoms with Gasteiger partial charge in [-0.15, -0.1) is 0 Å². The zero-order valence-electron chi connectivity index (χ0n) is 59.9. The van der Waals surface area contributed by atoms with Gasteiger partial charge in [-0.1, -0.05) is 94.3 Å². The Morgan fingerprint density at radius 2 is 1.26 bits per heavy atom. The Kier molecular flexibility index (Phi) is 28.2. The van der Waals surface area contributed by atoms with Crippen LogP contribution in [0.4, 0.5) is 4.79 Å². The van der Waals surface area contributed by atoms with Crippen LogP contribution in [0.15, 0.2) is 78.9 Å². The maximum absolute atomic E-state index is 16.1. The van der Waals surface area contributed by atoms with E-state index in [1.807, 2.05) is 18.7 Å². The van der Waals surface area contributed by atoms with E-state index in [4.69, 9.17) is 52.6 Å². The molecule has 5 aromatic rings. The largest absolute Gasteiger partial charge is 0.507 e. The first kappa shape index (κ1) is 82.4. The van der Waals surface area contributed by atoms with Crippen LogP contribution >= 0.6 is 23.2 Å². The van der Waals surface area contributed by atoms with E-state index >= 15 is 19.2 Å². The third-order valence-corrected chi connectivity index (χ3v) is 19.1. The van der Waals surface area contributed by atoms with Crippen molar-refractivity contribution in [2.45, 2.75) is 164 Å². The minimum atomic E-state index is -2.32. The number of primary amides is 1. The average Bonchev–Trinajstić information content (AvgIpc) is 0.764. The number of ether oxygens (including phenoxy) is 5. The number of rotatable bonds is 23. The number of halogens is 2. The van der Waals surface area contributed by atoms with E-state index in [1.165, 1.54) is 25.2 Å². The molecule has 35 heteroatoms. The Bertz CT molecular complexity index is 4150.